The summed E-state index contributed by atoms with van der Waals surface area (Å²) in [7, 11) is -2.10. The van der Waals surface area contributed by atoms with Crippen molar-refractivity contribution in [3.05, 3.63) is 29.8 Å². The lowest BCUT2D eigenvalue weighted by molar-refractivity contribution is -0.188. The van der Waals surface area contributed by atoms with Gasteiger partial charge in [-0.1, -0.05) is 12.1 Å². The van der Waals surface area contributed by atoms with E-state index in [0.29, 0.717) is 25.6 Å². The highest BCUT2D eigenvalue weighted by Crippen LogP contribution is 2.22. The fourth-order valence-corrected chi connectivity index (χ4v) is 4.08. The smallest absolute Gasteiger partial charge is 0.471 e. The average Bonchev–Trinajstić information content (AvgIpc) is 2.68. The first kappa shape index (κ1) is 29.4. The molecule has 190 valence electrons. The summed E-state index contributed by atoms with van der Waals surface area (Å²) in [6.07, 6.45) is -5.46. The minimum absolute atomic E-state index is 0.0288. The number of benzene rings is 1. The molecule has 0 spiro atoms. The van der Waals surface area contributed by atoms with Crippen LogP contribution in [0.3, 0.4) is 0 Å². The van der Waals surface area contributed by atoms with Crippen LogP contribution in [0.25, 0.3) is 0 Å². The lowest BCUT2D eigenvalue weighted by atomic mass is 10.2. The molecule has 1 unspecified atom stereocenters. The third kappa shape index (κ3) is 12.4. The van der Waals surface area contributed by atoms with E-state index in [4.69, 9.17) is 18.6 Å². The molecule has 1 aromatic carbocycles. The maximum absolute atomic E-state index is 13.0. The van der Waals surface area contributed by atoms with Crippen molar-refractivity contribution < 1.29 is 36.6 Å². The number of alkyl halides is 3. The quantitative estimate of drug-likeness (QED) is 0.269. The van der Waals surface area contributed by atoms with Crippen LogP contribution in [0.5, 0.6) is 5.75 Å². The molecule has 0 radical (unpaired) electrons. The van der Waals surface area contributed by atoms with Gasteiger partial charge >= 0.3 is 12.1 Å². The molecule has 33 heavy (non-hydrogen) atoms. The number of rotatable bonds is 14. The van der Waals surface area contributed by atoms with Crippen molar-refractivity contribution in [1.82, 2.24) is 4.90 Å². The Balaban J connectivity index is 2.71. The normalized spacial score (nSPS) is 13.5. The predicted octanol–water partition coefficient (Wildman–Crippen LogP) is 5.03. The van der Waals surface area contributed by atoms with Crippen LogP contribution in [-0.4, -0.2) is 69.9 Å². The predicted molar refractivity (Wildman–Crippen MR) is 124 cm³/mol. The second-order valence-electron chi connectivity index (χ2n) is 9.33. The van der Waals surface area contributed by atoms with E-state index in [0.717, 1.165) is 10.5 Å². The van der Waals surface area contributed by atoms with Gasteiger partial charge in [0, 0.05) is 12.6 Å². The van der Waals surface area contributed by atoms with Gasteiger partial charge in [-0.15, -0.1) is 0 Å². The molecular formula is C23H38F3NO5Si. The fraction of sp³-hybridized carbons (Fsp3) is 0.696. The lowest BCUT2D eigenvalue weighted by Crippen LogP contribution is -2.51. The minimum Gasteiger partial charge on any atom is -0.491 e. The van der Waals surface area contributed by atoms with Gasteiger partial charge in [-0.05, 0) is 65.0 Å². The second-order valence-corrected chi connectivity index (χ2v) is 13.8. The van der Waals surface area contributed by atoms with Gasteiger partial charge in [-0.2, -0.15) is 13.2 Å². The zero-order chi connectivity index (χ0) is 25.2. The van der Waals surface area contributed by atoms with E-state index in [-0.39, 0.29) is 19.3 Å². The van der Waals surface area contributed by atoms with Gasteiger partial charge in [0.15, 0.2) is 8.32 Å². The molecular weight excluding hydrogens is 455 g/mol. The Bertz CT molecular complexity index is 706. The molecule has 0 bridgehead atoms. The maximum Gasteiger partial charge on any atom is 0.471 e. The summed E-state index contributed by atoms with van der Waals surface area (Å²) in [5.41, 5.74) is 0.962. The molecule has 1 amide bonds. The third-order valence-corrected chi connectivity index (χ3v) is 5.39. The minimum atomic E-state index is -4.94. The molecule has 0 aliphatic rings. The highest BCUT2D eigenvalue weighted by molar-refractivity contribution is 6.69. The number of nitrogens with zero attached hydrogens (tertiary/aromatic N) is 1. The SMILES string of the molecule is CC(C)OCCOCc1ccc(OCC(CN(C(=O)C(F)(F)F)C(C)C)O[Si](C)(C)C)cc1. The first-order valence-electron chi connectivity index (χ1n) is 11.2. The zero-order valence-electron chi connectivity index (χ0n) is 20.7. The van der Waals surface area contributed by atoms with Gasteiger partial charge in [-0.25, -0.2) is 0 Å². The Labute approximate surface area is 196 Å². The first-order chi connectivity index (χ1) is 15.2. The topological polar surface area (TPSA) is 57.2 Å². The molecule has 10 heteroatoms. The van der Waals surface area contributed by atoms with Gasteiger partial charge in [0.2, 0.25) is 0 Å². The molecule has 0 heterocycles. The summed E-state index contributed by atoms with van der Waals surface area (Å²) < 4.78 is 61.9. The van der Waals surface area contributed by atoms with E-state index in [2.05, 4.69) is 0 Å². The highest BCUT2D eigenvalue weighted by atomic mass is 28.4. The number of halogens is 3. The van der Waals surface area contributed by atoms with Crippen LogP contribution in [0.15, 0.2) is 24.3 Å². The van der Waals surface area contributed by atoms with Crippen LogP contribution in [0.4, 0.5) is 13.2 Å². The standard InChI is InChI=1S/C23H38F3NO5Si/c1-17(2)27(22(28)23(24,25)26)14-21(32-33(5,6)7)16-31-20-10-8-19(9-11-20)15-29-12-13-30-18(3)4/h8-11,17-18,21H,12-16H2,1-7H3. The third-order valence-electron chi connectivity index (χ3n) is 4.35. The molecule has 0 N–H and O–H groups in total. The molecule has 0 fully saturated rings. The summed E-state index contributed by atoms with van der Waals surface area (Å²) in [5, 5.41) is 0. The average molecular weight is 494 g/mol. The molecule has 0 aliphatic heterocycles. The lowest BCUT2D eigenvalue weighted by Gasteiger charge is -2.34. The number of carbonyl (C=O) groups excluding carboxylic acids is 1. The summed E-state index contributed by atoms with van der Waals surface area (Å²) in [6, 6.07) is 6.64. The van der Waals surface area contributed by atoms with E-state index >= 15 is 0 Å². The fourth-order valence-electron chi connectivity index (χ4n) is 2.94. The van der Waals surface area contributed by atoms with E-state index in [9.17, 15) is 18.0 Å². The molecule has 1 rings (SSSR count). The monoisotopic (exact) mass is 493 g/mol. The molecule has 0 saturated carbocycles. The van der Waals surface area contributed by atoms with Crippen LogP contribution < -0.4 is 4.74 Å². The van der Waals surface area contributed by atoms with Crippen molar-refractivity contribution in [2.24, 2.45) is 0 Å². The number of amides is 1. The molecule has 1 aromatic rings. The van der Waals surface area contributed by atoms with E-state index in [1.807, 2.05) is 45.6 Å². The van der Waals surface area contributed by atoms with Crippen molar-refractivity contribution in [2.45, 2.75) is 78.4 Å². The number of ether oxygens (including phenoxy) is 3. The molecule has 0 saturated heterocycles. The van der Waals surface area contributed by atoms with Crippen LogP contribution in [0.1, 0.15) is 33.3 Å². The second kappa shape index (κ2) is 13.3. The molecule has 1 atom stereocenters. The van der Waals surface area contributed by atoms with Gasteiger partial charge in [0.1, 0.15) is 12.4 Å². The van der Waals surface area contributed by atoms with E-state index < -0.39 is 32.5 Å². The van der Waals surface area contributed by atoms with Crippen LogP contribution >= 0.6 is 0 Å². The van der Waals surface area contributed by atoms with Gasteiger partial charge in [0.05, 0.1) is 32.0 Å². The van der Waals surface area contributed by atoms with Gasteiger partial charge < -0.3 is 23.5 Å². The zero-order valence-corrected chi connectivity index (χ0v) is 21.7. The maximum atomic E-state index is 13.0. The van der Waals surface area contributed by atoms with E-state index in [1.54, 1.807) is 26.0 Å². The summed E-state index contributed by atoms with van der Waals surface area (Å²) in [4.78, 5) is 12.7. The van der Waals surface area contributed by atoms with Crippen LogP contribution in [0, 0.1) is 0 Å². The van der Waals surface area contributed by atoms with Crippen LogP contribution in [0.2, 0.25) is 19.6 Å². The Morgan fingerprint density at radius 2 is 1.64 bits per heavy atom. The Morgan fingerprint density at radius 3 is 2.12 bits per heavy atom. The number of carbonyl (C=O) groups is 1. The number of hydrogen-bond donors (Lipinski definition) is 0. The summed E-state index contributed by atoms with van der Waals surface area (Å²) in [5.74, 6) is -1.31. The largest absolute Gasteiger partial charge is 0.491 e. The van der Waals surface area contributed by atoms with Crippen molar-refractivity contribution >= 4 is 14.2 Å². The Morgan fingerprint density at radius 1 is 1.03 bits per heavy atom. The van der Waals surface area contributed by atoms with Gasteiger partial charge in [0.25, 0.3) is 0 Å². The van der Waals surface area contributed by atoms with Crippen LogP contribution in [-0.2, 0) is 25.3 Å². The summed E-state index contributed by atoms with van der Waals surface area (Å²) >= 11 is 0. The summed E-state index contributed by atoms with van der Waals surface area (Å²) in [6.45, 7) is 14.1. The molecule has 6 nitrogen and oxygen atoms in total. The Kier molecular flexibility index (Phi) is 11.9. The molecule has 0 aromatic heterocycles. The van der Waals surface area contributed by atoms with Crippen molar-refractivity contribution in [3.63, 3.8) is 0 Å². The highest BCUT2D eigenvalue weighted by Gasteiger charge is 2.44. The van der Waals surface area contributed by atoms with Crippen molar-refractivity contribution in [3.8, 4) is 5.75 Å². The van der Waals surface area contributed by atoms with Crippen molar-refractivity contribution in [2.75, 3.05) is 26.4 Å². The van der Waals surface area contributed by atoms with E-state index in [1.165, 1.54) is 0 Å². The number of hydrogen-bond acceptors (Lipinski definition) is 5. The van der Waals surface area contributed by atoms with Gasteiger partial charge in [-0.3, -0.25) is 4.79 Å². The first-order valence-corrected chi connectivity index (χ1v) is 14.6. The Hall–Kier alpha value is -1.62. The molecule has 0 aliphatic carbocycles. The van der Waals surface area contributed by atoms with Crippen molar-refractivity contribution in [1.29, 1.82) is 0 Å².